The number of hydrogen-bond acceptors (Lipinski definition) is 3. The molecule has 1 N–H and O–H groups in total. The number of morpholine rings is 1. The Morgan fingerprint density at radius 2 is 1.81 bits per heavy atom. The minimum absolute atomic E-state index is 0.396. The van der Waals surface area contributed by atoms with Gasteiger partial charge in [0.05, 0.1) is 12.7 Å². The maximum Gasteiger partial charge on any atom is 0.0852 e. The van der Waals surface area contributed by atoms with Crippen molar-refractivity contribution in [3.8, 4) is 0 Å². The summed E-state index contributed by atoms with van der Waals surface area (Å²) in [5.41, 5.74) is 0. The maximum atomic E-state index is 5.86. The normalized spacial score (nSPS) is 31.7. The zero-order valence-electron chi connectivity index (χ0n) is 10.6. The highest BCUT2D eigenvalue weighted by Gasteiger charge is 2.25. The van der Waals surface area contributed by atoms with Gasteiger partial charge in [0.15, 0.2) is 0 Å². The summed E-state index contributed by atoms with van der Waals surface area (Å²) in [6.07, 6.45) is 7.38. The number of rotatable bonds is 2. The molecule has 0 spiro atoms. The Morgan fingerprint density at radius 3 is 2.44 bits per heavy atom. The Bertz CT molecular complexity index is 184. The summed E-state index contributed by atoms with van der Waals surface area (Å²) in [4.78, 5) is 2.64. The molecule has 0 saturated carbocycles. The lowest BCUT2D eigenvalue weighted by molar-refractivity contribution is -0.0277. The van der Waals surface area contributed by atoms with Crippen LogP contribution in [0.1, 0.15) is 39.0 Å². The molecule has 2 aliphatic heterocycles. The van der Waals surface area contributed by atoms with Crippen LogP contribution in [0, 0.1) is 0 Å². The molecule has 2 saturated heterocycles. The second kappa shape index (κ2) is 6.58. The summed E-state index contributed by atoms with van der Waals surface area (Å²) in [6, 6.07) is 0.575. The number of hydrogen-bond donors (Lipinski definition) is 1. The Hall–Kier alpha value is -0.120. The highest BCUT2D eigenvalue weighted by atomic mass is 16.5. The first-order valence-corrected chi connectivity index (χ1v) is 6.94. The summed E-state index contributed by atoms with van der Waals surface area (Å²) in [5.74, 6) is 0. The lowest BCUT2D eigenvalue weighted by Crippen LogP contribution is -2.51. The van der Waals surface area contributed by atoms with E-state index in [1.54, 1.807) is 0 Å². The molecule has 94 valence electrons. The van der Waals surface area contributed by atoms with Crippen LogP contribution in [0.2, 0.25) is 0 Å². The molecule has 0 aromatic rings. The predicted molar refractivity (Wildman–Crippen MR) is 66.7 cm³/mol. The van der Waals surface area contributed by atoms with E-state index in [9.17, 15) is 0 Å². The van der Waals surface area contributed by atoms with Crippen molar-refractivity contribution < 1.29 is 4.74 Å². The summed E-state index contributed by atoms with van der Waals surface area (Å²) < 4.78 is 5.86. The summed E-state index contributed by atoms with van der Waals surface area (Å²) >= 11 is 0. The second-order valence-electron chi connectivity index (χ2n) is 5.16. The predicted octanol–water partition coefficient (Wildman–Crippen LogP) is 1.63. The molecule has 2 unspecified atom stereocenters. The molecule has 2 heterocycles. The molecule has 0 aliphatic carbocycles. The Labute approximate surface area is 99.5 Å². The van der Waals surface area contributed by atoms with E-state index in [2.05, 4.69) is 17.1 Å². The zero-order valence-corrected chi connectivity index (χ0v) is 10.6. The number of ether oxygens (including phenoxy) is 1. The van der Waals surface area contributed by atoms with Crippen LogP contribution < -0.4 is 5.32 Å². The van der Waals surface area contributed by atoms with Gasteiger partial charge in [-0.2, -0.15) is 0 Å². The van der Waals surface area contributed by atoms with E-state index in [0.29, 0.717) is 12.1 Å². The molecule has 0 amide bonds. The van der Waals surface area contributed by atoms with Crippen LogP contribution in [-0.2, 0) is 4.74 Å². The van der Waals surface area contributed by atoms with Gasteiger partial charge in [-0.05, 0) is 32.9 Å². The average molecular weight is 226 g/mol. The van der Waals surface area contributed by atoms with E-state index >= 15 is 0 Å². The number of nitrogens with one attached hydrogen (secondary N) is 1. The fraction of sp³-hybridized carbons (Fsp3) is 1.00. The van der Waals surface area contributed by atoms with Gasteiger partial charge in [-0.1, -0.05) is 19.3 Å². The van der Waals surface area contributed by atoms with Gasteiger partial charge < -0.3 is 10.1 Å². The van der Waals surface area contributed by atoms with Crippen LogP contribution in [0.25, 0.3) is 0 Å². The van der Waals surface area contributed by atoms with E-state index in [4.69, 9.17) is 4.74 Å². The average Bonchev–Trinajstić information content (AvgIpc) is 2.29. The van der Waals surface area contributed by atoms with Crippen molar-refractivity contribution in [2.24, 2.45) is 0 Å². The van der Waals surface area contributed by atoms with Crippen molar-refractivity contribution in [3.63, 3.8) is 0 Å². The third-order valence-electron chi connectivity index (χ3n) is 3.96. The molecule has 2 rings (SSSR count). The van der Waals surface area contributed by atoms with Gasteiger partial charge in [0.25, 0.3) is 0 Å². The largest absolute Gasteiger partial charge is 0.374 e. The van der Waals surface area contributed by atoms with Crippen LogP contribution in [0.4, 0.5) is 0 Å². The molecule has 0 aromatic carbocycles. The van der Waals surface area contributed by atoms with Crippen LogP contribution in [0.5, 0.6) is 0 Å². The molecule has 3 nitrogen and oxygen atoms in total. The Morgan fingerprint density at radius 1 is 1.12 bits per heavy atom. The molecule has 3 heteroatoms. The third-order valence-corrected chi connectivity index (χ3v) is 3.96. The SMILES string of the molecule is CC(C1CNCCO1)N1CCCCCCC1. The summed E-state index contributed by atoms with van der Waals surface area (Å²) in [7, 11) is 0. The van der Waals surface area contributed by atoms with Crippen LogP contribution in [0.15, 0.2) is 0 Å². The van der Waals surface area contributed by atoms with Crippen LogP contribution in [-0.4, -0.2) is 49.8 Å². The highest BCUT2D eigenvalue weighted by Crippen LogP contribution is 2.16. The van der Waals surface area contributed by atoms with E-state index in [1.165, 1.54) is 45.2 Å². The maximum absolute atomic E-state index is 5.86. The van der Waals surface area contributed by atoms with Gasteiger partial charge in [-0.3, -0.25) is 4.90 Å². The van der Waals surface area contributed by atoms with Crippen molar-refractivity contribution in [2.45, 2.75) is 51.2 Å². The van der Waals surface area contributed by atoms with Gasteiger partial charge >= 0.3 is 0 Å². The number of likely N-dealkylation sites (tertiary alicyclic amines) is 1. The highest BCUT2D eigenvalue weighted by molar-refractivity contribution is 4.81. The fourth-order valence-corrected chi connectivity index (χ4v) is 2.81. The smallest absolute Gasteiger partial charge is 0.0852 e. The van der Waals surface area contributed by atoms with Crippen molar-refractivity contribution >= 4 is 0 Å². The number of nitrogens with zero attached hydrogens (tertiary/aromatic N) is 1. The molecule has 2 aliphatic rings. The van der Waals surface area contributed by atoms with Crippen molar-refractivity contribution in [3.05, 3.63) is 0 Å². The van der Waals surface area contributed by atoms with Gasteiger partial charge in [0, 0.05) is 19.1 Å². The van der Waals surface area contributed by atoms with Gasteiger partial charge in [0.1, 0.15) is 0 Å². The van der Waals surface area contributed by atoms with Gasteiger partial charge in [-0.25, -0.2) is 0 Å². The molecular weight excluding hydrogens is 200 g/mol. The Balaban J connectivity index is 1.82. The lowest BCUT2D eigenvalue weighted by Gasteiger charge is -2.37. The van der Waals surface area contributed by atoms with E-state index in [-0.39, 0.29) is 0 Å². The minimum Gasteiger partial charge on any atom is -0.374 e. The minimum atomic E-state index is 0.396. The van der Waals surface area contributed by atoms with Crippen molar-refractivity contribution in [1.82, 2.24) is 10.2 Å². The van der Waals surface area contributed by atoms with Gasteiger partial charge in [0.2, 0.25) is 0 Å². The molecule has 0 radical (unpaired) electrons. The van der Waals surface area contributed by atoms with Crippen LogP contribution in [0.3, 0.4) is 0 Å². The first-order valence-electron chi connectivity index (χ1n) is 6.94. The van der Waals surface area contributed by atoms with Crippen LogP contribution >= 0.6 is 0 Å². The van der Waals surface area contributed by atoms with E-state index in [0.717, 1.165) is 19.7 Å². The molecule has 0 bridgehead atoms. The molecule has 16 heavy (non-hydrogen) atoms. The third kappa shape index (κ3) is 3.44. The summed E-state index contributed by atoms with van der Waals surface area (Å²) in [5, 5.41) is 3.43. The topological polar surface area (TPSA) is 24.5 Å². The molecule has 2 fully saturated rings. The van der Waals surface area contributed by atoms with Crippen molar-refractivity contribution in [1.29, 1.82) is 0 Å². The van der Waals surface area contributed by atoms with Gasteiger partial charge in [-0.15, -0.1) is 0 Å². The lowest BCUT2D eigenvalue weighted by atomic mass is 10.0. The van der Waals surface area contributed by atoms with E-state index in [1.807, 2.05) is 0 Å². The quantitative estimate of drug-likeness (QED) is 0.774. The first kappa shape index (κ1) is 12.3. The standard InChI is InChI=1S/C13H26N2O/c1-12(13-11-14-7-10-16-13)15-8-5-3-2-4-6-9-15/h12-14H,2-11H2,1H3. The molecule has 2 atom stereocenters. The molecule has 0 aromatic heterocycles. The fourth-order valence-electron chi connectivity index (χ4n) is 2.81. The Kier molecular flexibility index (Phi) is 5.07. The van der Waals surface area contributed by atoms with E-state index < -0.39 is 0 Å². The second-order valence-corrected chi connectivity index (χ2v) is 5.16. The summed E-state index contributed by atoms with van der Waals surface area (Å²) in [6.45, 7) is 7.78. The first-order chi connectivity index (χ1) is 7.88. The zero-order chi connectivity index (χ0) is 11.2. The molecular formula is C13H26N2O. The monoisotopic (exact) mass is 226 g/mol. The van der Waals surface area contributed by atoms with Crippen molar-refractivity contribution in [2.75, 3.05) is 32.8 Å².